The predicted octanol–water partition coefficient (Wildman–Crippen LogP) is 2.34. The van der Waals surface area contributed by atoms with E-state index >= 15 is 0 Å². The van der Waals surface area contributed by atoms with E-state index in [4.69, 9.17) is 0 Å². The zero-order chi connectivity index (χ0) is 16.9. The molecule has 0 bridgehead atoms. The highest BCUT2D eigenvalue weighted by Crippen LogP contribution is 2.30. The van der Waals surface area contributed by atoms with Crippen molar-refractivity contribution in [3.63, 3.8) is 0 Å². The van der Waals surface area contributed by atoms with Crippen LogP contribution >= 0.6 is 0 Å². The van der Waals surface area contributed by atoms with Crippen LogP contribution in [0.3, 0.4) is 0 Å². The van der Waals surface area contributed by atoms with Gasteiger partial charge >= 0.3 is 0 Å². The summed E-state index contributed by atoms with van der Waals surface area (Å²) < 4.78 is 1.87. The molecule has 25 heavy (non-hydrogen) atoms. The van der Waals surface area contributed by atoms with E-state index in [0.29, 0.717) is 43.5 Å². The van der Waals surface area contributed by atoms with E-state index < -0.39 is 0 Å². The Hall–Kier alpha value is -3.60. The van der Waals surface area contributed by atoms with Crippen molar-refractivity contribution in [2.75, 3.05) is 0 Å². The van der Waals surface area contributed by atoms with Crippen molar-refractivity contribution < 1.29 is 0 Å². The lowest BCUT2D eigenvalue weighted by atomic mass is 10.00. The van der Waals surface area contributed by atoms with Crippen molar-refractivity contribution in [3.8, 4) is 0 Å². The molecule has 0 atom stereocenters. The summed E-state index contributed by atoms with van der Waals surface area (Å²) in [5.74, 6) is 0. The standard InChI is InChI=1S/C20H8N2O3/c23-18-9-3-1-4-10-15(9)22-16-11(18)5-2-6-12(16)20(25)14-17(22)13(19(10)24)7-8-21-14/h1-8H. The minimum absolute atomic E-state index is 0.165. The van der Waals surface area contributed by atoms with E-state index in [1.807, 2.05) is 4.40 Å². The third-order valence-electron chi connectivity index (χ3n) is 5.11. The Bertz CT molecular complexity index is 1360. The van der Waals surface area contributed by atoms with E-state index in [1.54, 1.807) is 42.5 Å². The van der Waals surface area contributed by atoms with Crippen molar-refractivity contribution in [1.29, 1.82) is 0 Å². The minimum Gasteiger partial charge on any atom is -0.305 e. The molecule has 0 N–H and O–H groups in total. The lowest BCUT2D eigenvalue weighted by Gasteiger charge is -2.17. The lowest BCUT2D eigenvalue weighted by molar-refractivity contribution is 1.28. The summed E-state index contributed by atoms with van der Waals surface area (Å²) in [4.78, 5) is 43.1. The molecule has 0 aliphatic rings. The summed E-state index contributed by atoms with van der Waals surface area (Å²) in [6, 6.07) is 11.9. The molecule has 6 rings (SSSR count). The second kappa shape index (κ2) is 3.89. The highest BCUT2D eigenvalue weighted by Gasteiger charge is 2.22. The van der Waals surface area contributed by atoms with Gasteiger partial charge in [-0.3, -0.25) is 19.4 Å². The largest absolute Gasteiger partial charge is 0.305 e. The lowest BCUT2D eigenvalue weighted by Crippen LogP contribution is -2.19. The molecule has 2 aromatic carbocycles. The molecule has 0 radical (unpaired) electrons. The van der Waals surface area contributed by atoms with Crippen LogP contribution in [0.4, 0.5) is 0 Å². The molecule has 5 heteroatoms. The van der Waals surface area contributed by atoms with Gasteiger partial charge in [-0.15, -0.1) is 0 Å². The number of hydrogen-bond acceptors (Lipinski definition) is 4. The monoisotopic (exact) mass is 324 g/mol. The maximum atomic E-state index is 13.0. The van der Waals surface area contributed by atoms with E-state index in [2.05, 4.69) is 4.98 Å². The van der Waals surface area contributed by atoms with Crippen LogP contribution in [-0.2, 0) is 0 Å². The Morgan fingerprint density at radius 1 is 0.600 bits per heavy atom. The number of pyridine rings is 4. The molecule has 5 nitrogen and oxygen atoms in total. The summed E-state index contributed by atoms with van der Waals surface area (Å²) in [7, 11) is 0. The molecule has 6 aromatic rings. The van der Waals surface area contributed by atoms with Gasteiger partial charge in [0.25, 0.3) is 0 Å². The summed E-state index contributed by atoms with van der Waals surface area (Å²) in [5, 5.41) is 2.32. The molecule has 0 aliphatic carbocycles. The topological polar surface area (TPSA) is 68.5 Å². The Morgan fingerprint density at radius 3 is 1.64 bits per heavy atom. The number of hydrogen-bond donors (Lipinski definition) is 0. The van der Waals surface area contributed by atoms with Crippen LogP contribution in [0.25, 0.3) is 49.0 Å². The number of rotatable bonds is 0. The van der Waals surface area contributed by atoms with E-state index in [9.17, 15) is 14.4 Å². The van der Waals surface area contributed by atoms with Crippen LogP contribution in [0, 0.1) is 0 Å². The Labute approximate surface area is 138 Å². The van der Waals surface area contributed by atoms with Crippen molar-refractivity contribution in [2.24, 2.45) is 0 Å². The molecule has 0 fully saturated rings. The fourth-order valence-electron chi connectivity index (χ4n) is 4.08. The Balaban J connectivity index is 2.30. The molecular weight excluding hydrogens is 316 g/mol. The maximum Gasteiger partial charge on any atom is 0.215 e. The first-order chi connectivity index (χ1) is 12.2. The first kappa shape index (κ1) is 12.8. The molecule has 0 amide bonds. The maximum absolute atomic E-state index is 13.0. The quantitative estimate of drug-likeness (QED) is 0.318. The molecule has 0 aliphatic heterocycles. The highest BCUT2D eigenvalue weighted by molar-refractivity contribution is 6.15. The van der Waals surface area contributed by atoms with Crippen molar-refractivity contribution in [3.05, 3.63) is 79.3 Å². The first-order valence-electron chi connectivity index (χ1n) is 7.88. The van der Waals surface area contributed by atoms with Gasteiger partial charge < -0.3 is 4.40 Å². The summed E-state index contributed by atoms with van der Waals surface area (Å²) in [6.07, 6.45) is 1.49. The second-order valence-corrected chi connectivity index (χ2v) is 6.28. The smallest absolute Gasteiger partial charge is 0.215 e. The van der Waals surface area contributed by atoms with Crippen molar-refractivity contribution in [2.45, 2.75) is 0 Å². The van der Waals surface area contributed by atoms with Gasteiger partial charge in [-0.2, -0.15) is 0 Å². The van der Waals surface area contributed by atoms with Gasteiger partial charge in [-0.25, -0.2) is 0 Å². The number of nitrogens with zero attached hydrogens (tertiary/aromatic N) is 2. The Morgan fingerprint density at radius 2 is 1.08 bits per heavy atom. The molecular formula is C20H8N2O3. The van der Waals surface area contributed by atoms with Crippen LogP contribution < -0.4 is 16.3 Å². The summed E-state index contributed by atoms with van der Waals surface area (Å²) >= 11 is 0. The molecule has 4 aromatic heterocycles. The van der Waals surface area contributed by atoms with Crippen molar-refractivity contribution in [1.82, 2.24) is 9.38 Å². The Kier molecular flexibility index (Phi) is 1.99. The predicted molar refractivity (Wildman–Crippen MR) is 97.6 cm³/mol. The van der Waals surface area contributed by atoms with E-state index in [0.717, 1.165) is 0 Å². The second-order valence-electron chi connectivity index (χ2n) is 6.28. The van der Waals surface area contributed by atoms with Gasteiger partial charge in [-0.1, -0.05) is 12.1 Å². The van der Waals surface area contributed by atoms with Gasteiger partial charge in [-0.05, 0) is 30.3 Å². The molecule has 0 unspecified atom stereocenters. The summed E-state index contributed by atoms with van der Waals surface area (Å²) in [5.41, 5.74) is 1.26. The zero-order valence-electron chi connectivity index (χ0n) is 12.7. The molecule has 116 valence electrons. The van der Waals surface area contributed by atoms with Crippen LogP contribution in [0.1, 0.15) is 0 Å². The van der Waals surface area contributed by atoms with Crippen LogP contribution in [0.5, 0.6) is 0 Å². The number of para-hydroxylation sites is 2. The minimum atomic E-state index is -0.256. The van der Waals surface area contributed by atoms with E-state index in [1.165, 1.54) is 6.20 Å². The van der Waals surface area contributed by atoms with Crippen LogP contribution in [0.15, 0.2) is 63.0 Å². The molecule has 0 saturated carbocycles. The zero-order valence-corrected chi connectivity index (χ0v) is 12.7. The molecule has 4 heterocycles. The van der Waals surface area contributed by atoms with Gasteiger partial charge in [0.1, 0.15) is 5.52 Å². The van der Waals surface area contributed by atoms with Gasteiger partial charge in [0.15, 0.2) is 10.9 Å². The average Bonchev–Trinajstić information content (AvgIpc) is 2.65. The first-order valence-corrected chi connectivity index (χ1v) is 7.88. The fourth-order valence-corrected chi connectivity index (χ4v) is 4.08. The third-order valence-corrected chi connectivity index (χ3v) is 5.11. The van der Waals surface area contributed by atoms with Crippen LogP contribution in [-0.4, -0.2) is 9.38 Å². The summed E-state index contributed by atoms with van der Waals surface area (Å²) in [6.45, 7) is 0. The third kappa shape index (κ3) is 1.25. The number of benzene rings is 2. The average molecular weight is 324 g/mol. The molecule has 0 spiro atoms. The normalized spacial score (nSPS) is 12.5. The van der Waals surface area contributed by atoms with Gasteiger partial charge in [0, 0.05) is 27.7 Å². The molecule has 0 saturated heterocycles. The van der Waals surface area contributed by atoms with Gasteiger partial charge in [0.2, 0.25) is 5.43 Å². The highest BCUT2D eigenvalue weighted by atomic mass is 16.1. The van der Waals surface area contributed by atoms with E-state index in [-0.39, 0.29) is 21.8 Å². The van der Waals surface area contributed by atoms with Crippen molar-refractivity contribution >= 4 is 49.0 Å². The SMILES string of the molecule is O=c1c2cccc3c(=O)c4ccnc5c(=O)c6cccc1c6n(c23)c45. The fraction of sp³-hybridized carbons (Fsp3) is 0. The van der Waals surface area contributed by atoms with Gasteiger partial charge in [0.05, 0.1) is 21.9 Å². The number of aromatic nitrogens is 2. The van der Waals surface area contributed by atoms with Crippen LogP contribution in [0.2, 0.25) is 0 Å².